The highest BCUT2D eigenvalue weighted by Gasteiger charge is 2.18. The van der Waals surface area contributed by atoms with Gasteiger partial charge in [0.25, 0.3) is 0 Å². The minimum Gasteiger partial charge on any atom is -0.370 e. The molecule has 0 aliphatic heterocycles. The van der Waals surface area contributed by atoms with Gasteiger partial charge in [0.05, 0.1) is 0 Å². The SMILES string of the molecule is CCCNc1nc(-c2ccn(C)n2)nc2c1CCCC2. The van der Waals surface area contributed by atoms with Gasteiger partial charge in [-0.1, -0.05) is 6.92 Å². The van der Waals surface area contributed by atoms with E-state index >= 15 is 0 Å². The Balaban J connectivity index is 2.03. The van der Waals surface area contributed by atoms with Crippen molar-refractivity contribution < 1.29 is 0 Å². The number of nitrogens with one attached hydrogen (secondary N) is 1. The number of rotatable bonds is 4. The van der Waals surface area contributed by atoms with Crippen LogP contribution >= 0.6 is 0 Å². The Labute approximate surface area is 119 Å². The maximum Gasteiger partial charge on any atom is 0.182 e. The van der Waals surface area contributed by atoms with Gasteiger partial charge in [0.1, 0.15) is 11.5 Å². The van der Waals surface area contributed by atoms with Crippen LogP contribution in [0.15, 0.2) is 12.3 Å². The second-order valence-electron chi connectivity index (χ2n) is 5.33. The molecule has 0 atom stereocenters. The van der Waals surface area contributed by atoms with Gasteiger partial charge in [-0.05, 0) is 38.2 Å². The maximum absolute atomic E-state index is 4.74. The molecule has 0 amide bonds. The molecule has 1 aliphatic carbocycles. The zero-order valence-corrected chi connectivity index (χ0v) is 12.2. The fourth-order valence-corrected chi connectivity index (χ4v) is 2.63. The molecule has 1 N–H and O–H groups in total. The molecule has 0 bridgehead atoms. The fourth-order valence-electron chi connectivity index (χ4n) is 2.63. The predicted molar refractivity (Wildman–Crippen MR) is 79.7 cm³/mol. The van der Waals surface area contributed by atoms with Crippen LogP contribution in [0.3, 0.4) is 0 Å². The maximum atomic E-state index is 4.74. The van der Waals surface area contributed by atoms with E-state index in [-0.39, 0.29) is 0 Å². The number of hydrogen-bond acceptors (Lipinski definition) is 4. The summed E-state index contributed by atoms with van der Waals surface area (Å²) in [5.41, 5.74) is 3.36. The molecule has 106 valence electrons. The topological polar surface area (TPSA) is 55.6 Å². The van der Waals surface area contributed by atoms with Crippen LogP contribution < -0.4 is 5.32 Å². The van der Waals surface area contributed by atoms with E-state index in [1.807, 2.05) is 19.3 Å². The molecule has 2 aromatic heterocycles. The van der Waals surface area contributed by atoms with Gasteiger partial charge < -0.3 is 5.32 Å². The van der Waals surface area contributed by atoms with Gasteiger partial charge >= 0.3 is 0 Å². The summed E-state index contributed by atoms with van der Waals surface area (Å²) in [5.74, 6) is 1.75. The largest absolute Gasteiger partial charge is 0.370 e. The zero-order valence-electron chi connectivity index (χ0n) is 12.2. The molecule has 0 spiro atoms. The second-order valence-corrected chi connectivity index (χ2v) is 5.33. The molecular weight excluding hydrogens is 250 g/mol. The molecule has 0 fully saturated rings. The molecule has 0 radical (unpaired) electrons. The van der Waals surface area contributed by atoms with Crippen molar-refractivity contribution >= 4 is 5.82 Å². The molecule has 20 heavy (non-hydrogen) atoms. The lowest BCUT2D eigenvalue weighted by Crippen LogP contribution is -2.14. The Hall–Kier alpha value is -1.91. The predicted octanol–water partition coefficient (Wildman–Crippen LogP) is 2.58. The molecule has 0 saturated carbocycles. The van der Waals surface area contributed by atoms with Crippen molar-refractivity contribution in [3.05, 3.63) is 23.5 Å². The van der Waals surface area contributed by atoms with Crippen molar-refractivity contribution in [3.8, 4) is 11.5 Å². The van der Waals surface area contributed by atoms with E-state index in [0.717, 1.165) is 43.1 Å². The summed E-state index contributed by atoms with van der Waals surface area (Å²) in [4.78, 5) is 9.45. The number of aromatic nitrogens is 4. The van der Waals surface area contributed by atoms with Crippen LogP contribution in [0.1, 0.15) is 37.4 Å². The van der Waals surface area contributed by atoms with E-state index in [1.54, 1.807) is 4.68 Å². The van der Waals surface area contributed by atoms with Crippen LogP contribution in [-0.4, -0.2) is 26.3 Å². The molecule has 1 aliphatic rings. The lowest BCUT2D eigenvalue weighted by Gasteiger charge is -2.19. The molecule has 0 aromatic carbocycles. The van der Waals surface area contributed by atoms with Crippen LogP contribution in [0.4, 0.5) is 5.82 Å². The van der Waals surface area contributed by atoms with E-state index in [0.29, 0.717) is 0 Å². The molecule has 5 heteroatoms. The third-order valence-electron chi connectivity index (χ3n) is 3.67. The third-order valence-corrected chi connectivity index (χ3v) is 3.67. The van der Waals surface area contributed by atoms with Gasteiger partial charge in [-0.3, -0.25) is 4.68 Å². The number of fused-ring (bicyclic) bond motifs is 1. The van der Waals surface area contributed by atoms with Gasteiger partial charge in [0.2, 0.25) is 0 Å². The second kappa shape index (κ2) is 5.61. The van der Waals surface area contributed by atoms with E-state index < -0.39 is 0 Å². The molecule has 3 rings (SSSR count). The van der Waals surface area contributed by atoms with Crippen LogP contribution in [0.5, 0.6) is 0 Å². The van der Waals surface area contributed by atoms with Crippen LogP contribution in [-0.2, 0) is 19.9 Å². The Kier molecular flexibility index (Phi) is 3.67. The van der Waals surface area contributed by atoms with Gasteiger partial charge in [0, 0.05) is 31.0 Å². The molecule has 5 nitrogen and oxygen atoms in total. The summed E-state index contributed by atoms with van der Waals surface area (Å²) in [6, 6.07) is 1.97. The van der Waals surface area contributed by atoms with Crippen LogP contribution in [0.2, 0.25) is 0 Å². The van der Waals surface area contributed by atoms with Crippen molar-refractivity contribution in [2.45, 2.75) is 39.0 Å². The monoisotopic (exact) mass is 271 g/mol. The normalized spacial score (nSPS) is 14.1. The smallest absolute Gasteiger partial charge is 0.182 e. The Morgan fingerprint density at radius 1 is 1.25 bits per heavy atom. The number of aryl methyl sites for hydroxylation is 2. The summed E-state index contributed by atoms with van der Waals surface area (Å²) >= 11 is 0. The van der Waals surface area contributed by atoms with E-state index in [1.165, 1.54) is 24.1 Å². The van der Waals surface area contributed by atoms with Gasteiger partial charge in [-0.2, -0.15) is 5.10 Å². The highest BCUT2D eigenvalue weighted by atomic mass is 15.3. The minimum absolute atomic E-state index is 0.741. The van der Waals surface area contributed by atoms with E-state index in [2.05, 4.69) is 17.3 Å². The summed E-state index contributed by atoms with van der Waals surface area (Å²) in [6.07, 6.45) is 7.62. The van der Waals surface area contributed by atoms with Crippen LogP contribution in [0, 0.1) is 0 Å². The summed E-state index contributed by atoms with van der Waals surface area (Å²) in [5, 5.41) is 7.87. The quantitative estimate of drug-likeness (QED) is 0.928. The first-order valence-corrected chi connectivity index (χ1v) is 7.41. The molecular formula is C15H21N5. The van der Waals surface area contributed by atoms with Crippen LogP contribution in [0.25, 0.3) is 11.5 Å². The van der Waals surface area contributed by atoms with Crippen molar-refractivity contribution in [1.29, 1.82) is 0 Å². The highest BCUT2D eigenvalue weighted by molar-refractivity contribution is 5.57. The average Bonchev–Trinajstić information content (AvgIpc) is 2.91. The number of nitrogens with zero attached hydrogens (tertiary/aromatic N) is 4. The summed E-state index contributed by atoms with van der Waals surface area (Å²) in [7, 11) is 1.91. The van der Waals surface area contributed by atoms with E-state index in [9.17, 15) is 0 Å². The Morgan fingerprint density at radius 3 is 2.85 bits per heavy atom. The Bertz CT molecular complexity index is 602. The Morgan fingerprint density at radius 2 is 2.10 bits per heavy atom. The van der Waals surface area contributed by atoms with Crippen molar-refractivity contribution in [3.63, 3.8) is 0 Å². The highest BCUT2D eigenvalue weighted by Crippen LogP contribution is 2.27. The standard InChI is InChI=1S/C15H21N5/c1-3-9-16-14-11-6-4-5-7-12(11)17-15(18-14)13-8-10-20(2)19-13/h8,10H,3-7,9H2,1-2H3,(H,16,17,18). The number of hydrogen-bond donors (Lipinski definition) is 1. The lowest BCUT2D eigenvalue weighted by molar-refractivity contribution is 0.663. The third kappa shape index (κ3) is 2.53. The van der Waals surface area contributed by atoms with E-state index in [4.69, 9.17) is 9.97 Å². The van der Waals surface area contributed by atoms with Gasteiger partial charge in [-0.25, -0.2) is 9.97 Å². The first-order valence-electron chi connectivity index (χ1n) is 7.41. The number of anilines is 1. The molecule has 0 unspecified atom stereocenters. The van der Waals surface area contributed by atoms with Crippen molar-refractivity contribution in [2.24, 2.45) is 7.05 Å². The van der Waals surface area contributed by atoms with Crippen molar-refractivity contribution in [2.75, 3.05) is 11.9 Å². The first kappa shape index (κ1) is 13.1. The molecule has 2 heterocycles. The molecule has 2 aromatic rings. The van der Waals surface area contributed by atoms with Gasteiger partial charge in [0.15, 0.2) is 5.82 Å². The molecule has 0 saturated heterocycles. The van der Waals surface area contributed by atoms with Crippen molar-refractivity contribution in [1.82, 2.24) is 19.7 Å². The fraction of sp³-hybridized carbons (Fsp3) is 0.533. The van der Waals surface area contributed by atoms with Gasteiger partial charge in [-0.15, -0.1) is 0 Å². The lowest BCUT2D eigenvalue weighted by atomic mass is 9.96. The minimum atomic E-state index is 0.741. The first-order chi connectivity index (χ1) is 9.78. The average molecular weight is 271 g/mol. The zero-order chi connectivity index (χ0) is 13.9. The summed E-state index contributed by atoms with van der Waals surface area (Å²) < 4.78 is 1.79. The summed E-state index contributed by atoms with van der Waals surface area (Å²) in [6.45, 7) is 3.12.